The van der Waals surface area contributed by atoms with Crippen molar-refractivity contribution in [2.75, 3.05) is 11.9 Å². The van der Waals surface area contributed by atoms with Crippen LogP contribution in [-0.4, -0.2) is 30.4 Å². The first-order valence-electron chi connectivity index (χ1n) is 10.8. The van der Waals surface area contributed by atoms with Crippen LogP contribution in [0.5, 0.6) is 5.75 Å². The van der Waals surface area contributed by atoms with E-state index >= 15 is 0 Å². The van der Waals surface area contributed by atoms with Crippen LogP contribution >= 0.6 is 0 Å². The van der Waals surface area contributed by atoms with Crippen molar-refractivity contribution in [1.82, 2.24) is 5.32 Å². The van der Waals surface area contributed by atoms with E-state index in [4.69, 9.17) is 9.47 Å². The van der Waals surface area contributed by atoms with Crippen molar-refractivity contribution in [3.8, 4) is 5.75 Å². The fourth-order valence-electron chi connectivity index (χ4n) is 3.18. The topological polar surface area (TPSA) is 93.7 Å². The molecule has 0 bridgehead atoms. The Morgan fingerprint density at radius 2 is 1.56 bits per heavy atom. The van der Waals surface area contributed by atoms with E-state index in [-0.39, 0.29) is 35.7 Å². The summed E-state index contributed by atoms with van der Waals surface area (Å²) in [5, 5.41) is 5.50. The molecule has 0 heterocycles. The lowest BCUT2D eigenvalue weighted by Gasteiger charge is -2.13. The molecule has 2 amide bonds. The van der Waals surface area contributed by atoms with E-state index in [1.54, 1.807) is 54.6 Å². The van der Waals surface area contributed by atoms with Gasteiger partial charge in [0, 0.05) is 6.04 Å². The molecular weight excluding hydrogens is 439 g/mol. The molecule has 3 aromatic carbocycles. The number of benzene rings is 3. The standard InChI is InChI=1S/C26H23FN2O5/c27-18-11-9-17(10-12-18)15-33-23-8-4-2-6-21(23)26(32)34-16-24(30)29-22-7-3-1-5-20(22)25(31)28-19-13-14-19/h1-12,19H,13-16H2,(H,28,31)(H,29,30). The van der Waals surface area contributed by atoms with Crippen molar-refractivity contribution >= 4 is 23.5 Å². The molecule has 1 saturated carbocycles. The third-order valence-corrected chi connectivity index (χ3v) is 5.11. The second kappa shape index (κ2) is 10.6. The summed E-state index contributed by atoms with van der Waals surface area (Å²) < 4.78 is 23.9. The average molecular weight is 462 g/mol. The van der Waals surface area contributed by atoms with Crippen molar-refractivity contribution in [2.24, 2.45) is 0 Å². The molecule has 34 heavy (non-hydrogen) atoms. The van der Waals surface area contributed by atoms with Gasteiger partial charge in [-0.1, -0.05) is 36.4 Å². The number of halogens is 1. The maximum atomic E-state index is 13.1. The minimum atomic E-state index is -0.732. The number of rotatable bonds is 9. The summed E-state index contributed by atoms with van der Waals surface area (Å²) in [4.78, 5) is 37.4. The molecule has 8 heteroatoms. The van der Waals surface area contributed by atoms with Crippen LogP contribution < -0.4 is 15.4 Å². The van der Waals surface area contributed by atoms with Gasteiger partial charge in [0.15, 0.2) is 6.61 Å². The summed E-state index contributed by atoms with van der Waals surface area (Å²) in [5.41, 5.74) is 1.56. The van der Waals surface area contributed by atoms with Crippen molar-refractivity contribution in [3.63, 3.8) is 0 Å². The molecule has 0 aromatic heterocycles. The number of esters is 1. The van der Waals surface area contributed by atoms with E-state index in [1.807, 2.05) is 0 Å². The monoisotopic (exact) mass is 462 g/mol. The third-order valence-electron chi connectivity index (χ3n) is 5.11. The van der Waals surface area contributed by atoms with Gasteiger partial charge in [0.1, 0.15) is 23.7 Å². The number of anilines is 1. The van der Waals surface area contributed by atoms with Gasteiger partial charge in [-0.2, -0.15) is 0 Å². The van der Waals surface area contributed by atoms with Gasteiger partial charge >= 0.3 is 5.97 Å². The van der Waals surface area contributed by atoms with E-state index in [9.17, 15) is 18.8 Å². The van der Waals surface area contributed by atoms with Gasteiger partial charge in [0.05, 0.1) is 11.3 Å². The first-order valence-corrected chi connectivity index (χ1v) is 10.8. The van der Waals surface area contributed by atoms with Gasteiger partial charge in [-0.15, -0.1) is 0 Å². The molecule has 2 N–H and O–H groups in total. The number of carbonyl (C=O) groups excluding carboxylic acids is 3. The van der Waals surface area contributed by atoms with E-state index in [2.05, 4.69) is 10.6 Å². The van der Waals surface area contributed by atoms with Gasteiger partial charge in [-0.3, -0.25) is 9.59 Å². The Kier molecular flexibility index (Phi) is 7.17. The summed E-state index contributed by atoms with van der Waals surface area (Å²) in [6.07, 6.45) is 1.90. The van der Waals surface area contributed by atoms with Crippen LogP contribution in [0.2, 0.25) is 0 Å². The van der Waals surface area contributed by atoms with Crippen LogP contribution in [0, 0.1) is 5.82 Å². The van der Waals surface area contributed by atoms with Gasteiger partial charge in [-0.05, 0) is 54.8 Å². The summed E-state index contributed by atoms with van der Waals surface area (Å²) in [6, 6.07) is 19.1. The van der Waals surface area contributed by atoms with Crippen molar-refractivity contribution in [3.05, 3.63) is 95.3 Å². The SMILES string of the molecule is O=C(COC(=O)c1ccccc1OCc1ccc(F)cc1)Nc1ccccc1C(=O)NC1CC1. The molecule has 174 valence electrons. The summed E-state index contributed by atoms with van der Waals surface area (Å²) in [6.45, 7) is -0.408. The summed E-state index contributed by atoms with van der Waals surface area (Å²) >= 11 is 0. The minimum absolute atomic E-state index is 0.130. The lowest BCUT2D eigenvalue weighted by molar-refractivity contribution is -0.119. The van der Waals surface area contributed by atoms with Crippen LogP contribution in [0.25, 0.3) is 0 Å². The number of hydrogen-bond donors (Lipinski definition) is 2. The van der Waals surface area contributed by atoms with Crippen LogP contribution in [0.15, 0.2) is 72.8 Å². The Labute approximate surface area is 195 Å². The third kappa shape index (κ3) is 6.19. The van der Waals surface area contributed by atoms with Crippen LogP contribution in [0.4, 0.5) is 10.1 Å². The molecule has 1 fully saturated rings. The second-order valence-corrected chi connectivity index (χ2v) is 7.83. The molecule has 0 radical (unpaired) electrons. The lowest BCUT2D eigenvalue weighted by atomic mass is 10.1. The van der Waals surface area contributed by atoms with E-state index in [0.29, 0.717) is 11.3 Å². The van der Waals surface area contributed by atoms with Gasteiger partial charge in [0.2, 0.25) is 0 Å². The van der Waals surface area contributed by atoms with Gasteiger partial charge in [0.25, 0.3) is 11.8 Å². The summed E-state index contributed by atoms with van der Waals surface area (Å²) in [7, 11) is 0. The van der Waals surface area contributed by atoms with E-state index in [1.165, 1.54) is 18.2 Å². The smallest absolute Gasteiger partial charge is 0.342 e. The van der Waals surface area contributed by atoms with Crippen LogP contribution in [0.1, 0.15) is 39.1 Å². The highest BCUT2D eigenvalue weighted by Gasteiger charge is 2.25. The number of hydrogen-bond acceptors (Lipinski definition) is 5. The van der Waals surface area contributed by atoms with Crippen molar-refractivity contribution < 1.29 is 28.2 Å². The van der Waals surface area contributed by atoms with E-state index in [0.717, 1.165) is 18.4 Å². The molecule has 0 atom stereocenters. The molecule has 7 nitrogen and oxygen atoms in total. The zero-order chi connectivity index (χ0) is 23.9. The largest absolute Gasteiger partial charge is 0.488 e. The Morgan fingerprint density at radius 3 is 2.29 bits per heavy atom. The molecule has 1 aliphatic carbocycles. The molecule has 4 rings (SSSR count). The maximum Gasteiger partial charge on any atom is 0.342 e. The second-order valence-electron chi connectivity index (χ2n) is 7.83. The number of carbonyl (C=O) groups is 3. The fraction of sp³-hybridized carbons (Fsp3) is 0.192. The Balaban J connectivity index is 1.34. The number of para-hydroxylation sites is 2. The Hall–Kier alpha value is -4.20. The summed E-state index contributed by atoms with van der Waals surface area (Å²) in [5.74, 6) is -1.64. The normalized spacial score (nSPS) is 12.5. The number of ether oxygens (including phenoxy) is 2. The van der Waals surface area contributed by atoms with Crippen molar-refractivity contribution in [1.29, 1.82) is 0 Å². The lowest BCUT2D eigenvalue weighted by Crippen LogP contribution is -2.28. The fourth-order valence-corrected chi connectivity index (χ4v) is 3.18. The predicted molar refractivity (Wildman–Crippen MR) is 123 cm³/mol. The van der Waals surface area contributed by atoms with Crippen LogP contribution in [-0.2, 0) is 16.1 Å². The highest BCUT2D eigenvalue weighted by atomic mass is 19.1. The highest BCUT2D eigenvalue weighted by Crippen LogP contribution is 2.22. The van der Waals surface area contributed by atoms with Gasteiger partial charge in [-0.25, -0.2) is 9.18 Å². The average Bonchev–Trinajstić information content (AvgIpc) is 3.66. The molecule has 3 aromatic rings. The zero-order valence-electron chi connectivity index (χ0n) is 18.3. The zero-order valence-corrected chi connectivity index (χ0v) is 18.3. The molecule has 0 spiro atoms. The quantitative estimate of drug-likeness (QED) is 0.467. The Bertz CT molecular complexity index is 1190. The Morgan fingerprint density at radius 1 is 0.882 bits per heavy atom. The first kappa shape index (κ1) is 23.0. The van der Waals surface area contributed by atoms with Gasteiger partial charge < -0.3 is 20.1 Å². The number of nitrogens with one attached hydrogen (secondary N) is 2. The number of amides is 2. The molecule has 0 saturated heterocycles. The van der Waals surface area contributed by atoms with Crippen molar-refractivity contribution in [2.45, 2.75) is 25.5 Å². The highest BCUT2D eigenvalue weighted by molar-refractivity contribution is 6.04. The molecule has 0 aliphatic heterocycles. The molecule has 0 unspecified atom stereocenters. The minimum Gasteiger partial charge on any atom is -0.488 e. The molecule has 1 aliphatic rings. The maximum absolute atomic E-state index is 13.1. The van der Waals surface area contributed by atoms with E-state index < -0.39 is 18.5 Å². The first-order chi connectivity index (χ1) is 16.5. The van der Waals surface area contributed by atoms with Crippen LogP contribution in [0.3, 0.4) is 0 Å². The predicted octanol–water partition coefficient (Wildman–Crippen LogP) is 4.09. The molecular formula is C26H23FN2O5.